The summed E-state index contributed by atoms with van der Waals surface area (Å²) in [6, 6.07) is 7.55. The Kier molecular flexibility index (Phi) is 4.13. The van der Waals surface area contributed by atoms with Gasteiger partial charge in [-0.2, -0.15) is 11.8 Å². The van der Waals surface area contributed by atoms with Crippen LogP contribution < -0.4 is 5.73 Å². The van der Waals surface area contributed by atoms with Gasteiger partial charge >= 0.3 is 0 Å². The van der Waals surface area contributed by atoms with Crippen LogP contribution >= 0.6 is 11.8 Å². The van der Waals surface area contributed by atoms with Gasteiger partial charge in [0.1, 0.15) is 0 Å². The number of aliphatic hydroxyl groups is 1. The molecule has 3 heteroatoms. The lowest BCUT2D eigenvalue weighted by molar-refractivity contribution is 0.204. The molecule has 88 valence electrons. The van der Waals surface area contributed by atoms with E-state index in [1.54, 1.807) is 0 Å². The van der Waals surface area contributed by atoms with Gasteiger partial charge in [-0.25, -0.2) is 0 Å². The number of rotatable bonds is 4. The van der Waals surface area contributed by atoms with Crippen LogP contribution in [-0.4, -0.2) is 16.1 Å². The fourth-order valence-electron chi connectivity index (χ4n) is 2.14. The molecule has 0 spiro atoms. The molecule has 1 atom stereocenters. The average Bonchev–Trinajstić information content (AvgIpc) is 2.78. The van der Waals surface area contributed by atoms with Crippen molar-refractivity contribution in [3.8, 4) is 0 Å². The SMILES string of the molecule is Nc1cccc(C(O)CSC2CCCC2)c1. The number of hydrogen-bond acceptors (Lipinski definition) is 3. The summed E-state index contributed by atoms with van der Waals surface area (Å²) in [6.45, 7) is 0. The van der Waals surface area contributed by atoms with Gasteiger partial charge in [0, 0.05) is 16.7 Å². The predicted molar refractivity (Wildman–Crippen MR) is 70.5 cm³/mol. The molecule has 1 aliphatic rings. The van der Waals surface area contributed by atoms with E-state index in [0.29, 0.717) is 0 Å². The largest absolute Gasteiger partial charge is 0.399 e. The van der Waals surface area contributed by atoms with Crippen molar-refractivity contribution in [3.63, 3.8) is 0 Å². The molecule has 1 fully saturated rings. The highest BCUT2D eigenvalue weighted by Crippen LogP contribution is 2.32. The average molecular weight is 237 g/mol. The Labute approximate surface area is 101 Å². The van der Waals surface area contributed by atoms with Gasteiger partial charge < -0.3 is 10.8 Å². The van der Waals surface area contributed by atoms with Crippen LogP contribution in [0.15, 0.2) is 24.3 Å². The molecule has 1 aliphatic carbocycles. The summed E-state index contributed by atoms with van der Waals surface area (Å²) < 4.78 is 0. The Bertz CT molecular complexity index is 336. The van der Waals surface area contributed by atoms with Gasteiger partial charge in [-0.05, 0) is 30.5 Å². The summed E-state index contributed by atoms with van der Waals surface area (Å²) >= 11 is 1.90. The molecule has 1 aromatic carbocycles. The Morgan fingerprint density at radius 2 is 2.12 bits per heavy atom. The molecule has 0 aromatic heterocycles. The van der Waals surface area contributed by atoms with Crippen molar-refractivity contribution in [1.29, 1.82) is 0 Å². The summed E-state index contributed by atoms with van der Waals surface area (Å²) in [6.07, 6.45) is 4.95. The summed E-state index contributed by atoms with van der Waals surface area (Å²) in [7, 11) is 0. The molecule has 1 aromatic rings. The Morgan fingerprint density at radius 1 is 1.38 bits per heavy atom. The van der Waals surface area contributed by atoms with Gasteiger partial charge in [0.05, 0.1) is 6.10 Å². The second kappa shape index (κ2) is 5.60. The lowest BCUT2D eigenvalue weighted by atomic mass is 10.1. The number of nitrogens with two attached hydrogens (primary N) is 1. The third kappa shape index (κ3) is 3.16. The van der Waals surface area contributed by atoms with Gasteiger partial charge in [0.15, 0.2) is 0 Å². The number of anilines is 1. The van der Waals surface area contributed by atoms with E-state index in [-0.39, 0.29) is 6.10 Å². The van der Waals surface area contributed by atoms with E-state index in [0.717, 1.165) is 22.3 Å². The summed E-state index contributed by atoms with van der Waals surface area (Å²) in [5.74, 6) is 0.786. The first-order valence-corrected chi connectivity index (χ1v) is 6.95. The summed E-state index contributed by atoms with van der Waals surface area (Å²) in [5.41, 5.74) is 7.36. The Morgan fingerprint density at radius 3 is 2.81 bits per heavy atom. The number of hydrogen-bond donors (Lipinski definition) is 2. The number of benzene rings is 1. The molecule has 2 nitrogen and oxygen atoms in total. The van der Waals surface area contributed by atoms with E-state index < -0.39 is 0 Å². The van der Waals surface area contributed by atoms with Crippen LogP contribution in [0.4, 0.5) is 5.69 Å². The van der Waals surface area contributed by atoms with Crippen molar-refractivity contribution in [2.75, 3.05) is 11.5 Å². The molecule has 1 saturated carbocycles. The quantitative estimate of drug-likeness (QED) is 0.791. The van der Waals surface area contributed by atoms with Crippen molar-refractivity contribution in [3.05, 3.63) is 29.8 Å². The van der Waals surface area contributed by atoms with Gasteiger partial charge in [0.2, 0.25) is 0 Å². The minimum atomic E-state index is -0.380. The first-order chi connectivity index (χ1) is 7.75. The molecule has 16 heavy (non-hydrogen) atoms. The van der Waals surface area contributed by atoms with E-state index in [1.807, 2.05) is 36.0 Å². The monoisotopic (exact) mass is 237 g/mol. The van der Waals surface area contributed by atoms with Gasteiger partial charge in [0.25, 0.3) is 0 Å². The molecule has 1 unspecified atom stereocenters. The fraction of sp³-hybridized carbons (Fsp3) is 0.538. The predicted octanol–water partition coefficient (Wildman–Crippen LogP) is 2.98. The fourth-order valence-corrected chi connectivity index (χ4v) is 3.46. The zero-order valence-electron chi connectivity index (χ0n) is 9.43. The molecular formula is C13H19NOS. The van der Waals surface area contributed by atoms with Crippen LogP contribution in [0, 0.1) is 0 Å². The molecular weight excluding hydrogens is 218 g/mol. The smallest absolute Gasteiger partial charge is 0.0881 e. The van der Waals surface area contributed by atoms with Crippen molar-refractivity contribution in [2.24, 2.45) is 0 Å². The number of thioether (sulfide) groups is 1. The second-order valence-electron chi connectivity index (χ2n) is 4.43. The van der Waals surface area contributed by atoms with Crippen LogP contribution in [0.2, 0.25) is 0 Å². The van der Waals surface area contributed by atoms with Crippen LogP contribution in [0.5, 0.6) is 0 Å². The second-order valence-corrected chi connectivity index (χ2v) is 5.76. The number of aliphatic hydroxyl groups excluding tert-OH is 1. The molecule has 3 N–H and O–H groups in total. The highest BCUT2D eigenvalue weighted by Gasteiger charge is 2.17. The molecule has 0 radical (unpaired) electrons. The Balaban J connectivity index is 1.85. The molecule has 0 saturated heterocycles. The van der Waals surface area contributed by atoms with E-state index in [9.17, 15) is 5.11 Å². The van der Waals surface area contributed by atoms with E-state index in [4.69, 9.17) is 5.73 Å². The minimum absolute atomic E-state index is 0.380. The number of nitrogen functional groups attached to an aromatic ring is 1. The van der Waals surface area contributed by atoms with Crippen molar-refractivity contribution in [1.82, 2.24) is 0 Å². The normalized spacial score (nSPS) is 18.8. The highest BCUT2D eigenvalue weighted by atomic mass is 32.2. The lowest BCUT2D eigenvalue weighted by Gasteiger charge is -2.14. The van der Waals surface area contributed by atoms with Gasteiger partial charge in [-0.1, -0.05) is 25.0 Å². The van der Waals surface area contributed by atoms with Gasteiger partial charge in [-0.15, -0.1) is 0 Å². The first-order valence-electron chi connectivity index (χ1n) is 5.91. The van der Waals surface area contributed by atoms with Crippen LogP contribution in [0.1, 0.15) is 37.4 Å². The molecule has 0 amide bonds. The topological polar surface area (TPSA) is 46.2 Å². The highest BCUT2D eigenvalue weighted by molar-refractivity contribution is 7.99. The molecule has 0 heterocycles. The maximum atomic E-state index is 10.0. The molecule has 2 rings (SSSR count). The first kappa shape index (κ1) is 11.8. The van der Waals surface area contributed by atoms with Crippen LogP contribution in [-0.2, 0) is 0 Å². The zero-order valence-corrected chi connectivity index (χ0v) is 10.2. The van der Waals surface area contributed by atoms with E-state index in [1.165, 1.54) is 25.7 Å². The maximum Gasteiger partial charge on any atom is 0.0881 e. The van der Waals surface area contributed by atoms with Crippen LogP contribution in [0.3, 0.4) is 0 Å². The molecule has 0 aliphatic heterocycles. The minimum Gasteiger partial charge on any atom is -0.399 e. The van der Waals surface area contributed by atoms with Crippen LogP contribution in [0.25, 0.3) is 0 Å². The Hall–Kier alpha value is -0.670. The van der Waals surface area contributed by atoms with Crippen molar-refractivity contribution in [2.45, 2.75) is 37.0 Å². The third-order valence-corrected chi connectivity index (χ3v) is 4.54. The maximum absolute atomic E-state index is 10.0. The van der Waals surface area contributed by atoms with Gasteiger partial charge in [-0.3, -0.25) is 0 Å². The molecule has 0 bridgehead atoms. The van der Waals surface area contributed by atoms with E-state index in [2.05, 4.69) is 0 Å². The standard InChI is InChI=1S/C13H19NOS/c14-11-5-3-4-10(8-11)13(15)9-16-12-6-1-2-7-12/h3-5,8,12-13,15H,1-2,6-7,9,14H2. The lowest BCUT2D eigenvalue weighted by Crippen LogP contribution is -2.05. The zero-order chi connectivity index (χ0) is 11.4. The van der Waals surface area contributed by atoms with E-state index >= 15 is 0 Å². The summed E-state index contributed by atoms with van der Waals surface area (Å²) in [5, 5.41) is 10.8. The third-order valence-electron chi connectivity index (χ3n) is 3.09. The van der Waals surface area contributed by atoms with Crippen molar-refractivity contribution < 1.29 is 5.11 Å². The summed E-state index contributed by atoms with van der Waals surface area (Å²) in [4.78, 5) is 0. The van der Waals surface area contributed by atoms with Crippen molar-refractivity contribution >= 4 is 17.4 Å².